The molecule has 0 radical (unpaired) electrons. The lowest BCUT2D eigenvalue weighted by atomic mass is 9.94. The number of nitrogens with one attached hydrogen (secondary N) is 1. The van der Waals surface area contributed by atoms with Crippen molar-refractivity contribution in [1.29, 1.82) is 0 Å². The highest BCUT2D eigenvalue weighted by atomic mass is 16.5. The molecule has 108 valence electrons. The molecule has 2 atom stereocenters. The van der Waals surface area contributed by atoms with Crippen molar-refractivity contribution >= 4 is 0 Å². The number of likely N-dealkylation sites (N-methyl/N-ethyl adjacent to an activating group) is 1. The first kappa shape index (κ1) is 15.9. The summed E-state index contributed by atoms with van der Waals surface area (Å²) in [5.41, 5.74) is 0. The summed E-state index contributed by atoms with van der Waals surface area (Å²) >= 11 is 0. The Bertz CT molecular complexity index is 187. The van der Waals surface area contributed by atoms with Gasteiger partial charge in [-0.1, -0.05) is 39.0 Å². The molecule has 2 unspecified atom stereocenters. The van der Waals surface area contributed by atoms with Crippen molar-refractivity contribution in [3.05, 3.63) is 0 Å². The quantitative estimate of drug-likeness (QED) is 0.678. The van der Waals surface area contributed by atoms with Crippen LogP contribution in [-0.2, 0) is 9.47 Å². The first-order chi connectivity index (χ1) is 8.88. The molecule has 0 aromatic carbocycles. The van der Waals surface area contributed by atoms with E-state index in [1.165, 1.54) is 44.9 Å². The predicted octanol–water partition coefficient (Wildman–Crippen LogP) is 3.13. The lowest BCUT2D eigenvalue weighted by Crippen LogP contribution is -2.40. The number of hydrogen-bond acceptors (Lipinski definition) is 3. The highest BCUT2D eigenvalue weighted by Crippen LogP contribution is 2.20. The molecule has 1 N–H and O–H groups in total. The van der Waals surface area contributed by atoms with Crippen LogP contribution in [0.5, 0.6) is 0 Å². The molecule has 1 aliphatic carbocycles. The molecular weight excluding hydrogens is 226 g/mol. The molecule has 0 spiro atoms. The van der Waals surface area contributed by atoms with E-state index < -0.39 is 0 Å². The van der Waals surface area contributed by atoms with E-state index >= 15 is 0 Å². The molecule has 18 heavy (non-hydrogen) atoms. The zero-order chi connectivity index (χ0) is 13.1. The second kappa shape index (κ2) is 10.8. The molecule has 0 heterocycles. The van der Waals surface area contributed by atoms with Gasteiger partial charge in [0.05, 0.1) is 19.3 Å². The topological polar surface area (TPSA) is 30.5 Å². The number of ether oxygens (including phenoxy) is 2. The lowest BCUT2D eigenvalue weighted by molar-refractivity contribution is -0.0189. The smallest absolute Gasteiger partial charge is 0.0729 e. The predicted molar refractivity (Wildman–Crippen MR) is 76.0 cm³/mol. The van der Waals surface area contributed by atoms with Crippen molar-refractivity contribution < 1.29 is 9.47 Å². The Kier molecular flexibility index (Phi) is 9.54. The van der Waals surface area contributed by atoms with Gasteiger partial charge in [-0.05, 0) is 26.3 Å². The van der Waals surface area contributed by atoms with Crippen molar-refractivity contribution in [3.63, 3.8) is 0 Å². The highest BCUT2D eigenvalue weighted by Gasteiger charge is 2.21. The Morgan fingerprint density at radius 2 is 1.78 bits per heavy atom. The van der Waals surface area contributed by atoms with Gasteiger partial charge in [0, 0.05) is 12.6 Å². The Morgan fingerprint density at radius 3 is 2.50 bits per heavy atom. The van der Waals surface area contributed by atoms with Crippen LogP contribution in [0.25, 0.3) is 0 Å². The summed E-state index contributed by atoms with van der Waals surface area (Å²) in [4.78, 5) is 0. The van der Waals surface area contributed by atoms with Crippen LogP contribution in [0.4, 0.5) is 0 Å². The fourth-order valence-corrected chi connectivity index (χ4v) is 2.59. The molecule has 0 saturated heterocycles. The number of rotatable bonds is 8. The maximum atomic E-state index is 6.01. The molecule has 0 aliphatic heterocycles. The number of hydrogen-bond donors (Lipinski definition) is 1. The Balaban J connectivity index is 2.15. The molecule has 0 aromatic heterocycles. The van der Waals surface area contributed by atoms with Gasteiger partial charge in [0.1, 0.15) is 0 Å². The van der Waals surface area contributed by atoms with Gasteiger partial charge >= 0.3 is 0 Å². The van der Waals surface area contributed by atoms with Crippen molar-refractivity contribution in [2.45, 2.75) is 70.4 Å². The monoisotopic (exact) mass is 257 g/mol. The minimum absolute atomic E-state index is 0.380. The summed E-state index contributed by atoms with van der Waals surface area (Å²) < 4.78 is 11.6. The first-order valence-electron chi connectivity index (χ1n) is 7.75. The minimum atomic E-state index is 0.380. The average molecular weight is 257 g/mol. The van der Waals surface area contributed by atoms with Crippen LogP contribution in [0.2, 0.25) is 0 Å². The van der Waals surface area contributed by atoms with E-state index in [-0.39, 0.29) is 0 Å². The van der Waals surface area contributed by atoms with Gasteiger partial charge in [-0.15, -0.1) is 0 Å². The van der Waals surface area contributed by atoms with Crippen LogP contribution >= 0.6 is 0 Å². The summed E-state index contributed by atoms with van der Waals surface area (Å²) in [6.45, 7) is 4.55. The molecule has 1 aliphatic rings. The summed E-state index contributed by atoms with van der Waals surface area (Å²) in [5, 5.41) is 3.42. The van der Waals surface area contributed by atoms with Crippen molar-refractivity contribution in [2.75, 3.05) is 26.9 Å². The third kappa shape index (κ3) is 6.72. The molecule has 1 saturated carbocycles. The SMILES string of the molecule is CCCCOCCOC1CCCCCCC1NC. The Hall–Kier alpha value is -0.120. The third-order valence-corrected chi connectivity index (χ3v) is 3.78. The van der Waals surface area contributed by atoms with E-state index in [4.69, 9.17) is 9.47 Å². The zero-order valence-corrected chi connectivity index (χ0v) is 12.2. The highest BCUT2D eigenvalue weighted by molar-refractivity contribution is 4.78. The molecule has 1 rings (SSSR count). The van der Waals surface area contributed by atoms with Gasteiger partial charge < -0.3 is 14.8 Å². The summed E-state index contributed by atoms with van der Waals surface area (Å²) in [5.74, 6) is 0. The van der Waals surface area contributed by atoms with Crippen LogP contribution in [0, 0.1) is 0 Å². The zero-order valence-electron chi connectivity index (χ0n) is 12.2. The van der Waals surface area contributed by atoms with E-state index in [1.807, 2.05) is 0 Å². The van der Waals surface area contributed by atoms with E-state index in [9.17, 15) is 0 Å². The normalized spacial score (nSPS) is 25.7. The van der Waals surface area contributed by atoms with Crippen LogP contribution in [-0.4, -0.2) is 39.0 Å². The van der Waals surface area contributed by atoms with Crippen LogP contribution < -0.4 is 5.32 Å². The van der Waals surface area contributed by atoms with Crippen molar-refractivity contribution in [3.8, 4) is 0 Å². The fourth-order valence-electron chi connectivity index (χ4n) is 2.59. The number of unbranched alkanes of at least 4 members (excludes halogenated alkanes) is 1. The second-order valence-electron chi connectivity index (χ2n) is 5.26. The Morgan fingerprint density at radius 1 is 1.00 bits per heavy atom. The van der Waals surface area contributed by atoms with Crippen LogP contribution in [0.15, 0.2) is 0 Å². The molecule has 0 aromatic rings. The molecule has 3 heteroatoms. The molecular formula is C15H31NO2. The molecule has 3 nitrogen and oxygen atoms in total. The Labute approximate surface area is 113 Å². The maximum absolute atomic E-state index is 6.01. The van der Waals surface area contributed by atoms with Gasteiger partial charge in [-0.25, -0.2) is 0 Å². The summed E-state index contributed by atoms with van der Waals surface area (Å²) in [6, 6.07) is 0.529. The minimum Gasteiger partial charge on any atom is -0.379 e. The fraction of sp³-hybridized carbons (Fsp3) is 1.00. The van der Waals surface area contributed by atoms with Gasteiger partial charge in [0.25, 0.3) is 0 Å². The van der Waals surface area contributed by atoms with E-state index in [1.54, 1.807) is 0 Å². The van der Waals surface area contributed by atoms with E-state index in [0.717, 1.165) is 26.2 Å². The second-order valence-corrected chi connectivity index (χ2v) is 5.26. The van der Waals surface area contributed by atoms with Gasteiger partial charge in [0.2, 0.25) is 0 Å². The molecule has 0 amide bonds. The van der Waals surface area contributed by atoms with Crippen LogP contribution in [0.3, 0.4) is 0 Å². The molecule has 1 fully saturated rings. The van der Waals surface area contributed by atoms with Gasteiger partial charge in [-0.3, -0.25) is 0 Å². The summed E-state index contributed by atoms with van der Waals surface area (Å²) in [7, 11) is 2.06. The first-order valence-corrected chi connectivity index (χ1v) is 7.75. The lowest BCUT2D eigenvalue weighted by Gasteiger charge is -2.29. The largest absolute Gasteiger partial charge is 0.379 e. The van der Waals surface area contributed by atoms with Crippen molar-refractivity contribution in [2.24, 2.45) is 0 Å². The van der Waals surface area contributed by atoms with Gasteiger partial charge in [-0.2, -0.15) is 0 Å². The summed E-state index contributed by atoms with van der Waals surface area (Å²) in [6.07, 6.45) is 10.6. The van der Waals surface area contributed by atoms with Gasteiger partial charge in [0.15, 0.2) is 0 Å². The van der Waals surface area contributed by atoms with E-state index in [0.29, 0.717) is 12.1 Å². The standard InChI is InChI=1S/C15H31NO2/c1-3-4-11-17-12-13-18-15-10-8-6-5-7-9-14(15)16-2/h14-16H,3-13H2,1-2H3. The van der Waals surface area contributed by atoms with E-state index in [2.05, 4.69) is 19.3 Å². The maximum Gasteiger partial charge on any atom is 0.0729 e. The van der Waals surface area contributed by atoms with Crippen molar-refractivity contribution in [1.82, 2.24) is 5.32 Å². The average Bonchev–Trinajstić information content (AvgIpc) is 2.36. The third-order valence-electron chi connectivity index (χ3n) is 3.78. The molecule has 0 bridgehead atoms. The van der Waals surface area contributed by atoms with Crippen LogP contribution in [0.1, 0.15) is 58.3 Å².